The number of benzene rings is 1. The van der Waals surface area contributed by atoms with Crippen LogP contribution in [0.1, 0.15) is 23.2 Å². The fourth-order valence-corrected chi connectivity index (χ4v) is 3.65. The van der Waals surface area contributed by atoms with Gasteiger partial charge in [0.25, 0.3) is 5.91 Å². The Morgan fingerprint density at radius 2 is 1.33 bits per heavy atom. The van der Waals surface area contributed by atoms with Crippen molar-refractivity contribution in [2.75, 3.05) is 39.3 Å². The van der Waals surface area contributed by atoms with Crippen LogP contribution in [0.25, 0.3) is 0 Å². The summed E-state index contributed by atoms with van der Waals surface area (Å²) in [6.45, 7) is 3.10. The normalized spacial score (nSPS) is 18.0. The zero-order valence-electron chi connectivity index (χ0n) is 13.4. The summed E-state index contributed by atoms with van der Waals surface area (Å²) in [6.07, 6.45) is 1.94. The van der Waals surface area contributed by atoms with Gasteiger partial charge in [0, 0.05) is 48.4 Å². The number of amides is 3. The predicted octanol–water partition coefficient (Wildman–Crippen LogP) is 1.20. The van der Waals surface area contributed by atoms with E-state index in [1.54, 1.807) is 20.8 Å². The first kappa shape index (κ1) is 17.2. The molecule has 2 saturated heterocycles. The van der Waals surface area contributed by atoms with Crippen LogP contribution in [0.3, 0.4) is 0 Å². The predicted molar refractivity (Wildman–Crippen MR) is 97.5 cm³/mol. The summed E-state index contributed by atoms with van der Waals surface area (Å²) in [7, 11) is 0. The van der Waals surface area contributed by atoms with Crippen LogP contribution in [0.2, 0.25) is 0 Å². The average Bonchev–Trinajstić information content (AvgIpc) is 3.14. The Bertz CT molecular complexity index is 650. The fourth-order valence-electron chi connectivity index (χ4n) is 3.11. The number of rotatable bonds is 1. The maximum atomic E-state index is 12.5. The molecule has 0 unspecified atom stereocenters. The van der Waals surface area contributed by atoms with Crippen LogP contribution >= 0.6 is 22.6 Å². The summed E-state index contributed by atoms with van der Waals surface area (Å²) in [4.78, 5) is 41.9. The van der Waals surface area contributed by atoms with Crippen LogP contribution in [0.15, 0.2) is 24.3 Å². The highest BCUT2D eigenvalue weighted by molar-refractivity contribution is 14.1. The van der Waals surface area contributed by atoms with E-state index >= 15 is 0 Å². The standard InChI is InChI=1S/C17H20IN3O3/c18-14-5-3-4-13(12-14)15(22)20-8-10-21(11-9-20)17(24)16(23)19-6-1-2-7-19/h3-5,12H,1-2,6-11H2. The molecule has 24 heavy (non-hydrogen) atoms. The summed E-state index contributed by atoms with van der Waals surface area (Å²) >= 11 is 2.18. The second-order valence-corrected chi connectivity index (χ2v) is 7.34. The van der Waals surface area contributed by atoms with Crippen LogP contribution in [0.4, 0.5) is 0 Å². The van der Waals surface area contributed by atoms with E-state index in [1.165, 1.54) is 0 Å². The van der Waals surface area contributed by atoms with E-state index in [-0.39, 0.29) is 5.91 Å². The molecule has 128 valence electrons. The lowest BCUT2D eigenvalue weighted by molar-refractivity contribution is -0.152. The van der Waals surface area contributed by atoms with Crippen molar-refractivity contribution in [2.45, 2.75) is 12.8 Å². The Balaban J connectivity index is 1.56. The smallest absolute Gasteiger partial charge is 0.312 e. The summed E-state index contributed by atoms with van der Waals surface area (Å²) in [6, 6.07) is 7.47. The van der Waals surface area contributed by atoms with Gasteiger partial charge in [0.15, 0.2) is 0 Å². The summed E-state index contributed by atoms with van der Waals surface area (Å²) in [5.74, 6) is -0.852. The lowest BCUT2D eigenvalue weighted by Gasteiger charge is -2.35. The molecule has 0 N–H and O–H groups in total. The zero-order chi connectivity index (χ0) is 17.1. The largest absolute Gasteiger partial charge is 0.335 e. The maximum absolute atomic E-state index is 12.5. The molecule has 6 nitrogen and oxygen atoms in total. The van der Waals surface area contributed by atoms with Gasteiger partial charge in [0.1, 0.15) is 0 Å². The van der Waals surface area contributed by atoms with E-state index in [0.29, 0.717) is 44.8 Å². The molecule has 2 fully saturated rings. The van der Waals surface area contributed by atoms with Crippen molar-refractivity contribution in [1.29, 1.82) is 0 Å². The van der Waals surface area contributed by atoms with E-state index in [9.17, 15) is 14.4 Å². The first-order chi connectivity index (χ1) is 11.6. The second kappa shape index (κ2) is 7.50. The van der Waals surface area contributed by atoms with Gasteiger partial charge in [-0.3, -0.25) is 14.4 Å². The maximum Gasteiger partial charge on any atom is 0.312 e. The van der Waals surface area contributed by atoms with Crippen LogP contribution in [-0.4, -0.2) is 71.7 Å². The van der Waals surface area contributed by atoms with Crippen molar-refractivity contribution >= 4 is 40.3 Å². The molecule has 7 heteroatoms. The highest BCUT2D eigenvalue weighted by atomic mass is 127. The van der Waals surface area contributed by atoms with Crippen molar-refractivity contribution in [1.82, 2.24) is 14.7 Å². The Hall–Kier alpha value is -1.64. The quantitative estimate of drug-likeness (QED) is 0.486. The molecule has 0 spiro atoms. The molecule has 1 aromatic carbocycles. The Morgan fingerprint density at radius 1 is 0.792 bits per heavy atom. The fraction of sp³-hybridized carbons (Fsp3) is 0.471. The van der Waals surface area contributed by atoms with E-state index in [2.05, 4.69) is 22.6 Å². The summed E-state index contributed by atoms with van der Waals surface area (Å²) in [5.41, 5.74) is 0.662. The number of likely N-dealkylation sites (tertiary alicyclic amines) is 1. The van der Waals surface area contributed by atoms with Crippen molar-refractivity contribution in [3.8, 4) is 0 Å². The van der Waals surface area contributed by atoms with Crippen molar-refractivity contribution in [3.05, 3.63) is 33.4 Å². The van der Waals surface area contributed by atoms with E-state index < -0.39 is 11.8 Å². The SMILES string of the molecule is O=C(C(=O)N1CCN(C(=O)c2cccc(I)c2)CC1)N1CCCC1. The van der Waals surface area contributed by atoms with Crippen molar-refractivity contribution in [2.24, 2.45) is 0 Å². The topological polar surface area (TPSA) is 60.9 Å². The van der Waals surface area contributed by atoms with Crippen LogP contribution in [0, 0.1) is 3.57 Å². The number of halogens is 1. The molecular formula is C17H20IN3O3. The molecule has 0 saturated carbocycles. The molecule has 0 atom stereocenters. The van der Waals surface area contributed by atoms with Gasteiger partial charge in [-0.1, -0.05) is 6.07 Å². The zero-order valence-corrected chi connectivity index (χ0v) is 15.6. The number of piperazine rings is 1. The van der Waals surface area contributed by atoms with Gasteiger partial charge in [0.05, 0.1) is 0 Å². The van der Waals surface area contributed by atoms with Gasteiger partial charge in [-0.05, 0) is 53.6 Å². The number of hydrogen-bond donors (Lipinski definition) is 0. The second-order valence-electron chi connectivity index (χ2n) is 6.09. The molecule has 2 heterocycles. The minimum atomic E-state index is -0.432. The van der Waals surface area contributed by atoms with Gasteiger partial charge in [-0.2, -0.15) is 0 Å². The highest BCUT2D eigenvalue weighted by Crippen LogP contribution is 2.14. The molecule has 3 amide bonds. The van der Waals surface area contributed by atoms with Gasteiger partial charge < -0.3 is 14.7 Å². The summed E-state index contributed by atoms with van der Waals surface area (Å²) < 4.78 is 1.02. The lowest BCUT2D eigenvalue weighted by Crippen LogP contribution is -2.54. The number of carbonyl (C=O) groups excluding carboxylic acids is 3. The molecule has 2 aliphatic rings. The molecule has 0 aromatic heterocycles. The van der Waals surface area contributed by atoms with Crippen LogP contribution in [-0.2, 0) is 9.59 Å². The molecular weight excluding hydrogens is 421 g/mol. The minimum Gasteiger partial charge on any atom is -0.335 e. The third kappa shape index (κ3) is 3.71. The van der Waals surface area contributed by atoms with Gasteiger partial charge in [-0.15, -0.1) is 0 Å². The number of nitrogens with zero attached hydrogens (tertiary/aromatic N) is 3. The number of carbonyl (C=O) groups is 3. The minimum absolute atomic E-state index is 0.0218. The van der Waals surface area contributed by atoms with E-state index in [1.807, 2.05) is 18.2 Å². The van der Waals surface area contributed by atoms with Crippen molar-refractivity contribution < 1.29 is 14.4 Å². The Labute approximate surface area is 154 Å². The third-order valence-electron chi connectivity index (χ3n) is 4.50. The Morgan fingerprint density at radius 3 is 1.92 bits per heavy atom. The monoisotopic (exact) mass is 441 g/mol. The van der Waals surface area contributed by atoms with Crippen LogP contribution in [0.5, 0.6) is 0 Å². The first-order valence-electron chi connectivity index (χ1n) is 8.19. The first-order valence-corrected chi connectivity index (χ1v) is 9.27. The van der Waals surface area contributed by atoms with Crippen molar-refractivity contribution in [3.63, 3.8) is 0 Å². The Kier molecular flexibility index (Phi) is 5.37. The molecule has 1 aromatic rings. The number of hydrogen-bond acceptors (Lipinski definition) is 3. The van der Waals surface area contributed by atoms with E-state index in [0.717, 1.165) is 16.4 Å². The molecule has 2 aliphatic heterocycles. The van der Waals surface area contributed by atoms with Gasteiger partial charge in [-0.25, -0.2) is 0 Å². The molecule has 3 rings (SSSR count). The van der Waals surface area contributed by atoms with Gasteiger partial charge in [0.2, 0.25) is 0 Å². The van der Waals surface area contributed by atoms with Gasteiger partial charge >= 0.3 is 11.8 Å². The summed E-state index contributed by atoms with van der Waals surface area (Å²) in [5, 5.41) is 0. The third-order valence-corrected chi connectivity index (χ3v) is 5.17. The molecule has 0 aliphatic carbocycles. The van der Waals surface area contributed by atoms with Crippen LogP contribution < -0.4 is 0 Å². The highest BCUT2D eigenvalue weighted by Gasteiger charge is 2.31. The molecule has 0 bridgehead atoms. The van der Waals surface area contributed by atoms with E-state index in [4.69, 9.17) is 0 Å². The average molecular weight is 441 g/mol. The molecule has 0 radical (unpaired) electrons. The lowest BCUT2D eigenvalue weighted by atomic mass is 10.2.